The van der Waals surface area contributed by atoms with Crippen molar-refractivity contribution in [3.8, 4) is 0 Å². The zero-order chi connectivity index (χ0) is 16.2. The number of nitrogens with zero attached hydrogens (tertiary/aromatic N) is 2. The van der Waals surface area contributed by atoms with E-state index in [-0.39, 0.29) is 5.91 Å². The number of hydrogen-bond donors (Lipinski definition) is 0. The average molecular weight is 381 g/mol. The van der Waals surface area contributed by atoms with Gasteiger partial charge in [-0.1, -0.05) is 15.9 Å². The summed E-state index contributed by atoms with van der Waals surface area (Å²) in [5, 5.41) is 0. The standard InChI is InChI=1S/C18H25BrN2O2/c1-20-10-6-16(7-11-20)23-17-8-12-21(13-9-17)18(22)14-2-4-15(19)5-3-14/h2-5,16-17H,6-13H2,1H3. The molecule has 0 bridgehead atoms. The van der Waals surface area contributed by atoms with Gasteiger partial charge in [0, 0.05) is 36.2 Å². The van der Waals surface area contributed by atoms with Crippen LogP contribution in [0, 0.1) is 0 Å². The summed E-state index contributed by atoms with van der Waals surface area (Å²) in [6.45, 7) is 3.86. The monoisotopic (exact) mass is 380 g/mol. The summed E-state index contributed by atoms with van der Waals surface area (Å²) in [6, 6.07) is 7.60. The Balaban J connectivity index is 1.46. The lowest BCUT2D eigenvalue weighted by Gasteiger charge is -2.36. The minimum absolute atomic E-state index is 0.134. The Morgan fingerprint density at radius 1 is 1.00 bits per heavy atom. The Hall–Kier alpha value is -0.910. The summed E-state index contributed by atoms with van der Waals surface area (Å²) in [5.74, 6) is 0.134. The molecule has 1 aromatic carbocycles. The molecule has 4 nitrogen and oxygen atoms in total. The van der Waals surface area contributed by atoms with Crippen molar-refractivity contribution >= 4 is 21.8 Å². The first-order valence-electron chi connectivity index (χ1n) is 8.50. The smallest absolute Gasteiger partial charge is 0.253 e. The van der Waals surface area contributed by atoms with Gasteiger partial charge in [-0.15, -0.1) is 0 Å². The van der Waals surface area contributed by atoms with Crippen LogP contribution in [0.4, 0.5) is 0 Å². The highest BCUT2D eigenvalue weighted by molar-refractivity contribution is 9.10. The van der Waals surface area contributed by atoms with Crippen molar-refractivity contribution in [1.29, 1.82) is 0 Å². The molecule has 0 atom stereocenters. The van der Waals surface area contributed by atoms with Gasteiger partial charge in [0.1, 0.15) is 0 Å². The van der Waals surface area contributed by atoms with E-state index in [1.165, 1.54) is 0 Å². The molecule has 1 aromatic rings. The third-order valence-corrected chi connectivity index (χ3v) is 5.40. The molecule has 0 N–H and O–H groups in total. The van der Waals surface area contributed by atoms with Crippen LogP contribution >= 0.6 is 15.9 Å². The van der Waals surface area contributed by atoms with Crippen molar-refractivity contribution in [2.45, 2.75) is 37.9 Å². The van der Waals surface area contributed by atoms with Gasteiger partial charge in [0.15, 0.2) is 0 Å². The largest absolute Gasteiger partial charge is 0.375 e. The van der Waals surface area contributed by atoms with Crippen LogP contribution in [0.15, 0.2) is 28.7 Å². The molecule has 2 fully saturated rings. The zero-order valence-corrected chi connectivity index (χ0v) is 15.3. The first-order chi connectivity index (χ1) is 11.1. The van der Waals surface area contributed by atoms with Gasteiger partial charge in [-0.2, -0.15) is 0 Å². The number of benzene rings is 1. The minimum atomic E-state index is 0.134. The predicted molar refractivity (Wildman–Crippen MR) is 94.7 cm³/mol. The number of likely N-dealkylation sites (tertiary alicyclic amines) is 2. The third kappa shape index (κ3) is 4.55. The third-order valence-electron chi connectivity index (χ3n) is 4.87. The van der Waals surface area contributed by atoms with Crippen molar-refractivity contribution in [2.24, 2.45) is 0 Å². The molecule has 23 heavy (non-hydrogen) atoms. The quantitative estimate of drug-likeness (QED) is 0.807. The number of amides is 1. The Labute approximate surface area is 146 Å². The van der Waals surface area contributed by atoms with Gasteiger partial charge in [-0.05, 0) is 57.0 Å². The molecule has 0 radical (unpaired) electrons. The zero-order valence-electron chi connectivity index (χ0n) is 13.7. The number of piperidine rings is 2. The van der Waals surface area contributed by atoms with Gasteiger partial charge < -0.3 is 14.5 Å². The second-order valence-corrected chi connectivity index (χ2v) is 7.55. The van der Waals surface area contributed by atoms with Crippen molar-refractivity contribution in [3.63, 3.8) is 0 Å². The predicted octanol–water partition coefficient (Wildman–Crippen LogP) is 3.16. The fraction of sp³-hybridized carbons (Fsp3) is 0.611. The normalized spacial score (nSPS) is 21.6. The van der Waals surface area contributed by atoms with Crippen LogP contribution in [0.3, 0.4) is 0 Å². The topological polar surface area (TPSA) is 32.8 Å². The molecule has 2 aliphatic rings. The summed E-state index contributed by atoms with van der Waals surface area (Å²) in [4.78, 5) is 16.8. The Kier molecular flexibility index (Phi) is 5.72. The molecule has 0 saturated carbocycles. The van der Waals surface area contributed by atoms with Crippen molar-refractivity contribution in [2.75, 3.05) is 33.2 Å². The van der Waals surface area contributed by atoms with Crippen LogP contribution in [0.1, 0.15) is 36.0 Å². The molecule has 0 aromatic heterocycles. The van der Waals surface area contributed by atoms with Gasteiger partial charge in [-0.25, -0.2) is 0 Å². The second-order valence-electron chi connectivity index (χ2n) is 6.64. The molecular weight excluding hydrogens is 356 g/mol. The SMILES string of the molecule is CN1CCC(OC2CCN(C(=O)c3ccc(Br)cc3)CC2)CC1. The van der Waals surface area contributed by atoms with E-state index in [1.807, 2.05) is 29.2 Å². The molecule has 5 heteroatoms. The maximum atomic E-state index is 12.5. The maximum absolute atomic E-state index is 12.5. The van der Waals surface area contributed by atoms with Gasteiger partial charge in [0.2, 0.25) is 0 Å². The van der Waals surface area contributed by atoms with Crippen LogP contribution in [0.25, 0.3) is 0 Å². The molecule has 1 amide bonds. The molecule has 2 saturated heterocycles. The lowest BCUT2D eigenvalue weighted by molar-refractivity contribution is -0.0599. The van der Waals surface area contributed by atoms with E-state index in [0.29, 0.717) is 12.2 Å². The highest BCUT2D eigenvalue weighted by Gasteiger charge is 2.27. The first kappa shape index (κ1) is 16.9. The van der Waals surface area contributed by atoms with E-state index in [2.05, 4.69) is 27.9 Å². The number of carbonyl (C=O) groups is 1. The summed E-state index contributed by atoms with van der Waals surface area (Å²) in [6.07, 6.45) is 4.90. The summed E-state index contributed by atoms with van der Waals surface area (Å²) >= 11 is 3.40. The fourth-order valence-corrected chi connectivity index (χ4v) is 3.63. The van der Waals surface area contributed by atoms with Crippen molar-refractivity contribution < 1.29 is 9.53 Å². The number of rotatable bonds is 3. The summed E-state index contributed by atoms with van der Waals surface area (Å²) in [7, 11) is 2.17. The van der Waals surface area contributed by atoms with Gasteiger partial charge in [0.25, 0.3) is 5.91 Å². The van der Waals surface area contributed by atoms with E-state index < -0.39 is 0 Å². The Morgan fingerprint density at radius 3 is 2.09 bits per heavy atom. The van der Waals surface area contributed by atoms with Crippen molar-refractivity contribution in [3.05, 3.63) is 34.3 Å². The first-order valence-corrected chi connectivity index (χ1v) is 9.30. The van der Waals surface area contributed by atoms with Crippen molar-refractivity contribution in [1.82, 2.24) is 9.80 Å². The van der Waals surface area contributed by atoms with E-state index in [1.54, 1.807) is 0 Å². The van der Waals surface area contributed by atoms with E-state index >= 15 is 0 Å². The molecule has 3 rings (SSSR count). The van der Waals surface area contributed by atoms with E-state index in [4.69, 9.17) is 4.74 Å². The van der Waals surface area contributed by atoms with Gasteiger partial charge in [-0.3, -0.25) is 4.79 Å². The molecule has 0 spiro atoms. The molecule has 2 heterocycles. The summed E-state index contributed by atoms with van der Waals surface area (Å²) in [5.41, 5.74) is 0.767. The van der Waals surface area contributed by atoms with Gasteiger partial charge >= 0.3 is 0 Å². The molecule has 0 unspecified atom stereocenters. The highest BCUT2D eigenvalue weighted by atomic mass is 79.9. The number of carbonyl (C=O) groups excluding carboxylic acids is 1. The average Bonchev–Trinajstić information content (AvgIpc) is 2.58. The second kappa shape index (κ2) is 7.77. The Bertz CT molecular complexity index is 518. The highest BCUT2D eigenvalue weighted by Crippen LogP contribution is 2.22. The van der Waals surface area contributed by atoms with Crippen LogP contribution in [0.5, 0.6) is 0 Å². The van der Waals surface area contributed by atoms with E-state index in [0.717, 1.165) is 61.9 Å². The molecule has 0 aliphatic carbocycles. The van der Waals surface area contributed by atoms with Crippen LogP contribution in [0.2, 0.25) is 0 Å². The number of ether oxygens (including phenoxy) is 1. The lowest BCUT2D eigenvalue weighted by atomic mass is 10.0. The van der Waals surface area contributed by atoms with E-state index in [9.17, 15) is 4.79 Å². The minimum Gasteiger partial charge on any atom is -0.375 e. The van der Waals surface area contributed by atoms with Gasteiger partial charge in [0.05, 0.1) is 12.2 Å². The fourth-order valence-electron chi connectivity index (χ4n) is 3.36. The summed E-state index contributed by atoms with van der Waals surface area (Å²) < 4.78 is 7.26. The number of halogens is 1. The molecule has 126 valence electrons. The molecule has 2 aliphatic heterocycles. The maximum Gasteiger partial charge on any atom is 0.253 e. The Morgan fingerprint density at radius 2 is 1.52 bits per heavy atom. The number of hydrogen-bond acceptors (Lipinski definition) is 3. The molecular formula is C18H25BrN2O2. The van der Waals surface area contributed by atoms with Crippen LogP contribution in [-0.4, -0.2) is 61.1 Å². The van der Waals surface area contributed by atoms with Crippen LogP contribution < -0.4 is 0 Å². The lowest BCUT2D eigenvalue weighted by Crippen LogP contribution is -2.43. The van der Waals surface area contributed by atoms with Crippen LogP contribution in [-0.2, 0) is 4.74 Å².